The van der Waals surface area contributed by atoms with E-state index in [0.717, 1.165) is 5.56 Å². The summed E-state index contributed by atoms with van der Waals surface area (Å²) in [6, 6.07) is 11.4. The molecule has 0 aliphatic carbocycles. The van der Waals surface area contributed by atoms with E-state index in [9.17, 15) is 13.5 Å². The molecule has 22 heavy (non-hydrogen) atoms. The van der Waals surface area contributed by atoms with Crippen LogP contribution in [0.5, 0.6) is 11.5 Å². The van der Waals surface area contributed by atoms with Gasteiger partial charge in [-0.15, -0.1) is 0 Å². The largest absolute Gasteiger partial charge is 0.508 e. The summed E-state index contributed by atoms with van der Waals surface area (Å²) in [4.78, 5) is 0. The lowest BCUT2D eigenvalue weighted by atomic mass is 9.86. The molecule has 0 radical (unpaired) electrons. The minimum atomic E-state index is -4.63. The second-order valence-corrected chi connectivity index (χ2v) is 7.04. The average molecular weight is 322 g/mol. The maximum atomic E-state index is 10.9. The minimum absolute atomic E-state index is 0.00881. The van der Waals surface area contributed by atoms with Gasteiger partial charge in [-0.3, -0.25) is 4.55 Å². The third kappa shape index (κ3) is 3.99. The molecule has 6 heteroatoms. The summed E-state index contributed by atoms with van der Waals surface area (Å²) in [6.07, 6.45) is 0. The van der Waals surface area contributed by atoms with Crippen LogP contribution in [0.3, 0.4) is 0 Å². The van der Waals surface area contributed by atoms with Gasteiger partial charge in [0, 0.05) is 5.56 Å². The number of phenolic OH excluding ortho intramolecular Hbond substituents is 1. The Bertz CT molecular complexity index is 771. The van der Waals surface area contributed by atoms with Gasteiger partial charge in [-0.1, -0.05) is 45.0 Å². The Hall–Kier alpha value is -2.05. The molecule has 2 aromatic carbocycles. The summed E-state index contributed by atoms with van der Waals surface area (Å²) in [5.74, 6) is -0.0820. The van der Waals surface area contributed by atoms with Gasteiger partial charge in [-0.05, 0) is 34.7 Å². The summed E-state index contributed by atoms with van der Waals surface area (Å²) in [7, 11) is -4.63. The Morgan fingerprint density at radius 3 is 2.09 bits per heavy atom. The Morgan fingerprint density at radius 1 is 1.00 bits per heavy atom. The van der Waals surface area contributed by atoms with Gasteiger partial charge >= 0.3 is 10.4 Å². The molecule has 0 aliphatic heterocycles. The highest BCUT2D eigenvalue weighted by Gasteiger charge is 2.16. The number of phenols is 1. The van der Waals surface area contributed by atoms with Crippen molar-refractivity contribution in [1.29, 1.82) is 0 Å². The zero-order chi connectivity index (χ0) is 16.5. The standard InChI is InChI=1S/C16H18O5S/c1-16(2,3)12-6-4-11(5-7-12)14-10-13(17)8-9-15(14)21-22(18,19)20/h4-10,17H,1-3H3,(H,18,19,20). The van der Waals surface area contributed by atoms with Crippen LogP contribution in [-0.2, 0) is 15.8 Å². The fourth-order valence-corrected chi connectivity index (χ4v) is 2.45. The molecule has 0 bridgehead atoms. The first-order chi connectivity index (χ1) is 10.1. The Kier molecular flexibility index (Phi) is 4.17. The molecule has 5 nitrogen and oxygen atoms in total. The molecule has 0 aromatic heterocycles. The molecule has 0 spiro atoms. The van der Waals surface area contributed by atoms with E-state index in [1.54, 1.807) is 0 Å². The van der Waals surface area contributed by atoms with Gasteiger partial charge in [0.15, 0.2) is 5.75 Å². The lowest BCUT2D eigenvalue weighted by Crippen LogP contribution is -2.10. The van der Waals surface area contributed by atoms with E-state index < -0.39 is 10.4 Å². The molecular formula is C16H18O5S. The van der Waals surface area contributed by atoms with Gasteiger partial charge in [0.25, 0.3) is 0 Å². The van der Waals surface area contributed by atoms with E-state index in [0.29, 0.717) is 11.1 Å². The fraction of sp³-hybridized carbons (Fsp3) is 0.250. The van der Waals surface area contributed by atoms with Crippen molar-refractivity contribution in [3.63, 3.8) is 0 Å². The topological polar surface area (TPSA) is 83.8 Å². The van der Waals surface area contributed by atoms with Crippen molar-refractivity contribution in [3.05, 3.63) is 48.0 Å². The van der Waals surface area contributed by atoms with Gasteiger partial charge < -0.3 is 9.29 Å². The summed E-state index contributed by atoms with van der Waals surface area (Å²) in [5.41, 5.74) is 2.15. The SMILES string of the molecule is CC(C)(C)c1ccc(-c2cc(O)ccc2OS(=O)(=O)O)cc1. The minimum Gasteiger partial charge on any atom is -0.508 e. The van der Waals surface area contributed by atoms with Crippen LogP contribution in [0.4, 0.5) is 0 Å². The molecule has 2 N–H and O–H groups in total. The summed E-state index contributed by atoms with van der Waals surface area (Å²) >= 11 is 0. The molecule has 0 atom stereocenters. The van der Waals surface area contributed by atoms with Crippen molar-refractivity contribution >= 4 is 10.4 Å². The molecule has 0 aliphatic rings. The lowest BCUT2D eigenvalue weighted by Gasteiger charge is -2.19. The molecule has 0 saturated heterocycles. The molecule has 0 unspecified atom stereocenters. The molecule has 0 fully saturated rings. The van der Waals surface area contributed by atoms with Crippen molar-refractivity contribution in [2.75, 3.05) is 0 Å². The highest BCUT2D eigenvalue weighted by atomic mass is 32.3. The van der Waals surface area contributed by atoms with Crippen LogP contribution >= 0.6 is 0 Å². The zero-order valence-electron chi connectivity index (χ0n) is 12.6. The number of rotatable bonds is 3. The van der Waals surface area contributed by atoms with Gasteiger partial charge in [0.2, 0.25) is 0 Å². The van der Waals surface area contributed by atoms with Crippen molar-refractivity contribution in [1.82, 2.24) is 0 Å². The van der Waals surface area contributed by atoms with Crippen LogP contribution in [0, 0.1) is 0 Å². The zero-order valence-corrected chi connectivity index (χ0v) is 13.4. The first-order valence-electron chi connectivity index (χ1n) is 6.67. The van der Waals surface area contributed by atoms with Gasteiger partial charge in [0.1, 0.15) is 5.75 Å². The molecular weight excluding hydrogens is 304 g/mol. The predicted molar refractivity (Wildman–Crippen MR) is 84.4 cm³/mol. The summed E-state index contributed by atoms with van der Waals surface area (Å²) < 4.78 is 35.3. The van der Waals surface area contributed by atoms with Gasteiger partial charge in [0.05, 0.1) is 0 Å². The first kappa shape index (κ1) is 16.3. The van der Waals surface area contributed by atoms with Gasteiger partial charge in [-0.2, -0.15) is 8.42 Å². The van der Waals surface area contributed by atoms with E-state index in [1.807, 2.05) is 24.3 Å². The van der Waals surface area contributed by atoms with Crippen LogP contribution in [0.1, 0.15) is 26.3 Å². The lowest BCUT2D eigenvalue weighted by molar-refractivity contribution is 0.386. The van der Waals surface area contributed by atoms with Crippen molar-refractivity contribution in [2.45, 2.75) is 26.2 Å². The summed E-state index contributed by atoms with van der Waals surface area (Å²) in [6.45, 7) is 6.26. The van der Waals surface area contributed by atoms with Gasteiger partial charge in [-0.25, -0.2) is 0 Å². The van der Waals surface area contributed by atoms with Crippen molar-refractivity contribution < 1.29 is 22.3 Å². The van der Waals surface area contributed by atoms with Crippen molar-refractivity contribution in [3.8, 4) is 22.6 Å². The van der Waals surface area contributed by atoms with E-state index in [2.05, 4.69) is 25.0 Å². The second kappa shape index (κ2) is 5.62. The quantitative estimate of drug-likeness (QED) is 0.844. The maximum Gasteiger partial charge on any atom is 0.446 e. The molecule has 118 valence electrons. The van der Waals surface area contributed by atoms with Crippen LogP contribution < -0.4 is 4.18 Å². The molecule has 2 rings (SSSR count). The van der Waals surface area contributed by atoms with Crippen LogP contribution in [-0.4, -0.2) is 18.1 Å². The Balaban J connectivity index is 2.49. The third-order valence-corrected chi connectivity index (χ3v) is 3.61. The fourth-order valence-electron chi connectivity index (χ4n) is 2.08. The number of aromatic hydroxyl groups is 1. The smallest absolute Gasteiger partial charge is 0.446 e. The number of benzene rings is 2. The number of hydrogen-bond donors (Lipinski definition) is 2. The van der Waals surface area contributed by atoms with E-state index in [1.165, 1.54) is 18.2 Å². The van der Waals surface area contributed by atoms with Crippen LogP contribution in [0.15, 0.2) is 42.5 Å². The maximum absolute atomic E-state index is 10.9. The van der Waals surface area contributed by atoms with Crippen LogP contribution in [0.2, 0.25) is 0 Å². The Labute approximate surface area is 130 Å². The van der Waals surface area contributed by atoms with E-state index in [-0.39, 0.29) is 16.9 Å². The Morgan fingerprint density at radius 2 is 1.59 bits per heavy atom. The third-order valence-electron chi connectivity index (χ3n) is 3.22. The monoisotopic (exact) mass is 322 g/mol. The predicted octanol–water partition coefficient (Wildman–Crippen LogP) is 3.54. The normalized spacial score (nSPS) is 12.2. The summed E-state index contributed by atoms with van der Waals surface area (Å²) in [5, 5.41) is 9.61. The first-order valence-corrected chi connectivity index (χ1v) is 8.03. The average Bonchev–Trinajstić information content (AvgIpc) is 2.38. The number of hydrogen-bond acceptors (Lipinski definition) is 4. The van der Waals surface area contributed by atoms with Crippen molar-refractivity contribution in [2.24, 2.45) is 0 Å². The van der Waals surface area contributed by atoms with E-state index >= 15 is 0 Å². The van der Waals surface area contributed by atoms with Crippen LogP contribution in [0.25, 0.3) is 11.1 Å². The molecule has 2 aromatic rings. The highest BCUT2D eigenvalue weighted by molar-refractivity contribution is 7.81. The molecule has 0 saturated carbocycles. The molecule has 0 amide bonds. The van der Waals surface area contributed by atoms with E-state index in [4.69, 9.17) is 4.55 Å². The molecule has 0 heterocycles. The highest BCUT2D eigenvalue weighted by Crippen LogP contribution is 2.35. The second-order valence-electron chi connectivity index (χ2n) is 6.02.